The zero-order valence-corrected chi connectivity index (χ0v) is 19.5. The van der Waals surface area contributed by atoms with Crippen LogP contribution in [0.25, 0.3) is 0 Å². The Balaban J connectivity index is 1.36. The highest BCUT2D eigenvalue weighted by atomic mass is 35.5. The van der Waals surface area contributed by atoms with E-state index in [0.717, 1.165) is 72.1 Å². The molecule has 0 saturated carbocycles. The Morgan fingerprint density at radius 3 is 2.70 bits per heavy atom. The number of carbonyl (C=O) groups excluding carboxylic acids is 1. The van der Waals surface area contributed by atoms with E-state index in [-0.39, 0.29) is 11.9 Å². The summed E-state index contributed by atoms with van der Waals surface area (Å²) in [5.74, 6) is 0.106. The van der Waals surface area contributed by atoms with Gasteiger partial charge in [-0.3, -0.25) is 19.7 Å². The molecular formula is C27H29ClN4O. The van der Waals surface area contributed by atoms with Crippen molar-refractivity contribution in [2.45, 2.75) is 44.7 Å². The molecule has 0 aliphatic carbocycles. The fourth-order valence-corrected chi connectivity index (χ4v) is 5.26. The zero-order valence-electron chi connectivity index (χ0n) is 18.8. The maximum Gasteiger partial charge on any atom is 0.254 e. The van der Waals surface area contributed by atoms with Gasteiger partial charge in [-0.25, -0.2) is 0 Å². The summed E-state index contributed by atoms with van der Waals surface area (Å²) in [5, 5.41) is 0.719. The van der Waals surface area contributed by atoms with Gasteiger partial charge in [0.25, 0.3) is 5.91 Å². The Kier molecular flexibility index (Phi) is 6.70. The van der Waals surface area contributed by atoms with Crippen LogP contribution in [0, 0.1) is 0 Å². The molecule has 0 bridgehead atoms. The van der Waals surface area contributed by atoms with Crippen molar-refractivity contribution in [3.63, 3.8) is 0 Å². The number of carbonyl (C=O) groups is 1. The molecule has 0 radical (unpaired) electrons. The lowest BCUT2D eigenvalue weighted by molar-refractivity contribution is 0.0730. The summed E-state index contributed by atoms with van der Waals surface area (Å²) in [7, 11) is 0. The number of halogens is 1. The van der Waals surface area contributed by atoms with E-state index in [1.807, 2.05) is 53.6 Å². The van der Waals surface area contributed by atoms with E-state index in [1.54, 1.807) is 6.20 Å². The molecular weight excluding hydrogens is 432 g/mol. The predicted octanol–water partition coefficient (Wildman–Crippen LogP) is 5.29. The molecule has 1 aromatic heterocycles. The molecule has 2 aliphatic rings. The lowest BCUT2D eigenvalue weighted by atomic mass is 10.0. The van der Waals surface area contributed by atoms with Gasteiger partial charge in [-0.15, -0.1) is 0 Å². The number of hydrogen-bond donors (Lipinski definition) is 0. The smallest absolute Gasteiger partial charge is 0.254 e. The first-order valence-electron chi connectivity index (χ1n) is 11.8. The molecule has 1 amide bonds. The average Bonchev–Trinajstić information content (AvgIpc) is 3.52. The number of aromatic nitrogens is 2. The zero-order chi connectivity index (χ0) is 22.6. The van der Waals surface area contributed by atoms with Crippen molar-refractivity contribution in [3.8, 4) is 0 Å². The third-order valence-corrected chi connectivity index (χ3v) is 6.91. The Labute approximate surface area is 200 Å². The summed E-state index contributed by atoms with van der Waals surface area (Å²) in [6.07, 6.45) is 8.66. The summed E-state index contributed by atoms with van der Waals surface area (Å²) in [6.45, 7) is 3.82. The van der Waals surface area contributed by atoms with Crippen LogP contribution in [0.5, 0.6) is 0 Å². The Hall–Kier alpha value is -2.76. The molecule has 1 unspecified atom stereocenters. The molecule has 33 heavy (non-hydrogen) atoms. The highest BCUT2D eigenvalue weighted by Gasteiger charge is 2.33. The summed E-state index contributed by atoms with van der Waals surface area (Å²) < 4.78 is 0. The molecule has 5 rings (SSSR count). The molecule has 3 heterocycles. The van der Waals surface area contributed by atoms with Crippen LogP contribution in [0.2, 0.25) is 5.02 Å². The van der Waals surface area contributed by atoms with E-state index < -0.39 is 0 Å². The quantitative estimate of drug-likeness (QED) is 0.501. The molecule has 6 heteroatoms. The van der Waals surface area contributed by atoms with Gasteiger partial charge in [-0.2, -0.15) is 0 Å². The van der Waals surface area contributed by atoms with Gasteiger partial charge in [0.1, 0.15) is 0 Å². The third-order valence-electron chi connectivity index (χ3n) is 6.67. The van der Waals surface area contributed by atoms with Crippen molar-refractivity contribution in [1.82, 2.24) is 19.8 Å². The van der Waals surface area contributed by atoms with Gasteiger partial charge in [0.2, 0.25) is 0 Å². The first-order valence-corrected chi connectivity index (χ1v) is 12.2. The average molecular weight is 461 g/mol. The highest BCUT2D eigenvalue weighted by Crippen LogP contribution is 2.33. The van der Waals surface area contributed by atoms with Gasteiger partial charge < -0.3 is 4.90 Å². The minimum absolute atomic E-state index is 0.0378. The van der Waals surface area contributed by atoms with Crippen LogP contribution in [-0.4, -0.2) is 45.3 Å². The topological polar surface area (TPSA) is 49.3 Å². The second-order valence-corrected chi connectivity index (χ2v) is 9.48. The van der Waals surface area contributed by atoms with Crippen molar-refractivity contribution in [2.24, 2.45) is 0 Å². The number of benzene rings is 2. The fraction of sp³-hybridized carbons (Fsp3) is 0.370. The normalized spacial score (nSPS) is 18.7. The number of rotatable bonds is 6. The fourth-order valence-electron chi connectivity index (χ4n) is 5.05. The molecule has 2 saturated heterocycles. The lowest BCUT2D eigenvalue weighted by Crippen LogP contribution is -2.32. The highest BCUT2D eigenvalue weighted by molar-refractivity contribution is 6.30. The van der Waals surface area contributed by atoms with Gasteiger partial charge >= 0.3 is 0 Å². The molecule has 1 atom stereocenters. The standard InChI is InChI=1S/C27H29ClN4O/c28-22-9-5-7-20(15-22)16-23-17-29-18-25(30-23)26-11-6-14-32(26)27(33)24-10-2-1-8-21(24)19-31-12-3-4-13-31/h1-2,5,7-10,15,17-18,26H,3-4,6,11-14,16,19H2. The SMILES string of the molecule is O=C(c1ccccc1CN1CCCC1)N1CCCC1c1cncc(Cc2cccc(Cl)c2)n1. The largest absolute Gasteiger partial charge is 0.330 e. The maximum absolute atomic E-state index is 13.7. The monoisotopic (exact) mass is 460 g/mol. The van der Waals surface area contributed by atoms with Crippen LogP contribution in [0.4, 0.5) is 0 Å². The second-order valence-electron chi connectivity index (χ2n) is 9.04. The van der Waals surface area contributed by atoms with Gasteiger partial charge in [0.05, 0.1) is 23.6 Å². The summed E-state index contributed by atoms with van der Waals surface area (Å²) in [4.78, 5) is 27.5. The van der Waals surface area contributed by atoms with Crippen LogP contribution in [0.3, 0.4) is 0 Å². The van der Waals surface area contributed by atoms with Crippen LogP contribution < -0.4 is 0 Å². The molecule has 0 spiro atoms. The molecule has 5 nitrogen and oxygen atoms in total. The van der Waals surface area contributed by atoms with Gasteiger partial charge in [-0.1, -0.05) is 41.9 Å². The first-order chi connectivity index (χ1) is 16.2. The van der Waals surface area contributed by atoms with E-state index in [0.29, 0.717) is 6.42 Å². The maximum atomic E-state index is 13.7. The Morgan fingerprint density at radius 1 is 1.00 bits per heavy atom. The number of likely N-dealkylation sites (tertiary alicyclic amines) is 2. The van der Waals surface area contributed by atoms with Gasteiger partial charge in [-0.05, 0) is 68.1 Å². The van der Waals surface area contributed by atoms with E-state index in [1.165, 1.54) is 12.8 Å². The summed E-state index contributed by atoms with van der Waals surface area (Å²) >= 11 is 6.14. The first kappa shape index (κ1) is 22.1. The van der Waals surface area contributed by atoms with Crippen LogP contribution >= 0.6 is 11.6 Å². The van der Waals surface area contributed by atoms with Crippen LogP contribution in [0.1, 0.15) is 64.6 Å². The van der Waals surface area contributed by atoms with Crippen molar-refractivity contribution in [1.29, 1.82) is 0 Å². The Bertz CT molecular complexity index is 1130. The minimum atomic E-state index is -0.0378. The van der Waals surface area contributed by atoms with Crippen molar-refractivity contribution < 1.29 is 4.79 Å². The number of amides is 1. The van der Waals surface area contributed by atoms with E-state index in [4.69, 9.17) is 16.6 Å². The Morgan fingerprint density at radius 2 is 1.85 bits per heavy atom. The third kappa shape index (κ3) is 5.10. The van der Waals surface area contributed by atoms with Crippen molar-refractivity contribution in [3.05, 3.63) is 94.0 Å². The molecule has 2 fully saturated rings. The number of hydrogen-bond acceptors (Lipinski definition) is 4. The molecule has 3 aromatic rings. The lowest BCUT2D eigenvalue weighted by Gasteiger charge is -2.26. The second kappa shape index (κ2) is 10.0. The van der Waals surface area contributed by atoms with Crippen molar-refractivity contribution in [2.75, 3.05) is 19.6 Å². The molecule has 2 aromatic carbocycles. The van der Waals surface area contributed by atoms with Crippen molar-refractivity contribution >= 4 is 17.5 Å². The van der Waals surface area contributed by atoms with Gasteiger partial charge in [0, 0.05) is 36.3 Å². The van der Waals surface area contributed by atoms with Crippen LogP contribution in [0.15, 0.2) is 60.9 Å². The molecule has 2 aliphatic heterocycles. The van der Waals surface area contributed by atoms with E-state index in [2.05, 4.69) is 16.0 Å². The van der Waals surface area contributed by atoms with Crippen LogP contribution in [-0.2, 0) is 13.0 Å². The van der Waals surface area contributed by atoms with Gasteiger partial charge in [0.15, 0.2) is 0 Å². The predicted molar refractivity (Wildman–Crippen MR) is 130 cm³/mol. The van der Waals surface area contributed by atoms with E-state index >= 15 is 0 Å². The molecule has 170 valence electrons. The minimum Gasteiger partial charge on any atom is -0.330 e. The summed E-state index contributed by atoms with van der Waals surface area (Å²) in [5.41, 5.74) is 4.81. The molecule has 0 N–H and O–H groups in total. The summed E-state index contributed by atoms with van der Waals surface area (Å²) in [6, 6.07) is 15.9. The van der Waals surface area contributed by atoms with E-state index in [9.17, 15) is 4.79 Å². The number of nitrogens with zero attached hydrogens (tertiary/aromatic N) is 4.